The molecule has 188 valence electrons. The Labute approximate surface area is 213 Å². The number of thiophene rings is 1. The van der Waals surface area contributed by atoms with Gasteiger partial charge in [0.15, 0.2) is 0 Å². The fourth-order valence-electron chi connectivity index (χ4n) is 5.31. The molecule has 0 N–H and O–H groups in total. The Morgan fingerprint density at radius 2 is 1.78 bits per heavy atom. The second-order valence-electron chi connectivity index (χ2n) is 9.56. The first kappa shape index (κ1) is 24.6. The molecule has 5 rings (SSSR count). The van der Waals surface area contributed by atoms with Crippen LogP contribution in [0, 0.1) is 11.6 Å². The summed E-state index contributed by atoms with van der Waals surface area (Å²) >= 11 is 1.71. The van der Waals surface area contributed by atoms with Crippen LogP contribution >= 0.6 is 11.3 Å². The van der Waals surface area contributed by atoms with Crippen molar-refractivity contribution in [3.8, 4) is 0 Å². The number of carbonyl (C=O) groups is 2. The number of rotatable bonds is 5. The maximum Gasteiger partial charge on any atom is 0.236 e. The number of hydrogen-bond donors (Lipinski definition) is 0. The molecule has 3 heterocycles. The van der Waals surface area contributed by atoms with Crippen molar-refractivity contribution in [3.05, 3.63) is 93.2 Å². The third kappa shape index (κ3) is 5.20. The van der Waals surface area contributed by atoms with Gasteiger partial charge in [0.1, 0.15) is 11.6 Å². The third-order valence-corrected chi connectivity index (χ3v) is 8.13. The predicted molar refractivity (Wildman–Crippen MR) is 136 cm³/mol. The minimum absolute atomic E-state index is 0.0200. The van der Waals surface area contributed by atoms with E-state index in [4.69, 9.17) is 0 Å². The van der Waals surface area contributed by atoms with Gasteiger partial charge in [-0.05, 0) is 65.7 Å². The monoisotopic (exact) mass is 509 g/mol. The molecular weight excluding hydrogens is 480 g/mol. The van der Waals surface area contributed by atoms with Crippen LogP contribution < -0.4 is 0 Å². The van der Waals surface area contributed by atoms with Crippen molar-refractivity contribution in [1.29, 1.82) is 0 Å². The molecule has 2 aromatic carbocycles. The van der Waals surface area contributed by atoms with Crippen LogP contribution in [0.2, 0.25) is 0 Å². The summed E-state index contributed by atoms with van der Waals surface area (Å²) in [6.45, 7) is 4.33. The summed E-state index contributed by atoms with van der Waals surface area (Å²) in [7, 11) is 0. The van der Waals surface area contributed by atoms with E-state index < -0.39 is 0 Å². The number of nitrogens with zero attached hydrogens (tertiary/aromatic N) is 3. The lowest BCUT2D eigenvalue weighted by Gasteiger charge is -2.42. The zero-order valence-corrected chi connectivity index (χ0v) is 21.0. The lowest BCUT2D eigenvalue weighted by molar-refractivity contribution is -0.143. The molecular formula is C28H29F2N3O2S. The highest BCUT2D eigenvalue weighted by molar-refractivity contribution is 7.10. The number of hydrogen-bond acceptors (Lipinski definition) is 4. The molecule has 5 nitrogen and oxygen atoms in total. The van der Waals surface area contributed by atoms with Crippen molar-refractivity contribution in [2.75, 3.05) is 32.7 Å². The van der Waals surface area contributed by atoms with E-state index in [0.29, 0.717) is 19.6 Å². The molecule has 0 aliphatic carbocycles. The Kier molecular flexibility index (Phi) is 7.16. The van der Waals surface area contributed by atoms with Gasteiger partial charge in [-0.25, -0.2) is 8.78 Å². The van der Waals surface area contributed by atoms with Gasteiger partial charge in [-0.1, -0.05) is 24.3 Å². The maximum absolute atomic E-state index is 14.1. The highest BCUT2D eigenvalue weighted by atomic mass is 32.1. The topological polar surface area (TPSA) is 43.9 Å². The number of piperazine rings is 1. The quantitative estimate of drug-likeness (QED) is 0.516. The molecule has 8 heteroatoms. The highest BCUT2D eigenvalue weighted by Crippen LogP contribution is 2.37. The van der Waals surface area contributed by atoms with Crippen LogP contribution in [-0.4, -0.2) is 65.3 Å². The summed E-state index contributed by atoms with van der Waals surface area (Å²) in [5.41, 5.74) is 2.77. The molecule has 0 spiro atoms. The summed E-state index contributed by atoms with van der Waals surface area (Å²) in [6, 6.07) is 14.4. The van der Waals surface area contributed by atoms with Crippen LogP contribution in [0.5, 0.6) is 0 Å². The Morgan fingerprint density at radius 1 is 0.972 bits per heavy atom. The normalized spacial score (nSPS) is 20.3. The van der Waals surface area contributed by atoms with Crippen molar-refractivity contribution >= 4 is 23.2 Å². The van der Waals surface area contributed by atoms with Crippen molar-refractivity contribution < 1.29 is 18.4 Å². The van der Waals surface area contributed by atoms with Gasteiger partial charge in [0, 0.05) is 37.1 Å². The molecule has 0 bridgehead atoms. The smallest absolute Gasteiger partial charge is 0.236 e. The van der Waals surface area contributed by atoms with Gasteiger partial charge in [-0.3, -0.25) is 14.5 Å². The zero-order valence-electron chi connectivity index (χ0n) is 20.2. The Hall–Kier alpha value is -3.10. The highest BCUT2D eigenvalue weighted by Gasteiger charge is 2.34. The SMILES string of the molecule is C[C@@H]1CN(C(=O)CN2CCc3sccc3[C@H]2c2cccc(F)c2)CCN1C(=O)Cc1ccc(F)cc1. The summed E-state index contributed by atoms with van der Waals surface area (Å²) in [6.07, 6.45) is 1.08. The average molecular weight is 510 g/mol. The van der Waals surface area contributed by atoms with E-state index in [1.54, 1.807) is 40.5 Å². The van der Waals surface area contributed by atoms with Crippen molar-refractivity contribution in [2.45, 2.75) is 31.8 Å². The Morgan fingerprint density at radius 3 is 2.53 bits per heavy atom. The molecule has 1 saturated heterocycles. The van der Waals surface area contributed by atoms with E-state index in [0.717, 1.165) is 29.7 Å². The Bertz CT molecular complexity index is 1250. The number of benzene rings is 2. The van der Waals surface area contributed by atoms with Crippen molar-refractivity contribution in [2.24, 2.45) is 0 Å². The van der Waals surface area contributed by atoms with Crippen LogP contribution in [0.4, 0.5) is 8.78 Å². The fourth-order valence-corrected chi connectivity index (χ4v) is 6.22. The van der Waals surface area contributed by atoms with E-state index in [2.05, 4.69) is 16.3 Å². The fraction of sp³-hybridized carbons (Fsp3) is 0.357. The van der Waals surface area contributed by atoms with Gasteiger partial charge in [0.2, 0.25) is 11.8 Å². The molecule has 2 aliphatic rings. The van der Waals surface area contributed by atoms with Crippen LogP contribution in [0.25, 0.3) is 0 Å². The van der Waals surface area contributed by atoms with E-state index in [-0.39, 0.29) is 48.5 Å². The van der Waals surface area contributed by atoms with Gasteiger partial charge >= 0.3 is 0 Å². The van der Waals surface area contributed by atoms with Gasteiger partial charge in [0.05, 0.1) is 19.0 Å². The number of carbonyl (C=O) groups excluding carboxylic acids is 2. The molecule has 2 aliphatic heterocycles. The van der Waals surface area contributed by atoms with Crippen molar-refractivity contribution in [1.82, 2.24) is 14.7 Å². The second-order valence-corrected chi connectivity index (χ2v) is 10.6. The van der Waals surface area contributed by atoms with E-state index in [1.165, 1.54) is 23.1 Å². The summed E-state index contributed by atoms with van der Waals surface area (Å²) in [5, 5.41) is 2.06. The largest absolute Gasteiger partial charge is 0.338 e. The first-order valence-electron chi connectivity index (χ1n) is 12.3. The average Bonchev–Trinajstić information content (AvgIpc) is 3.34. The van der Waals surface area contributed by atoms with Crippen molar-refractivity contribution in [3.63, 3.8) is 0 Å². The number of amides is 2. The second kappa shape index (κ2) is 10.5. The van der Waals surface area contributed by atoms with E-state index >= 15 is 0 Å². The summed E-state index contributed by atoms with van der Waals surface area (Å²) in [5.74, 6) is -0.604. The van der Waals surface area contributed by atoms with Gasteiger partial charge in [-0.2, -0.15) is 0 Å². The van der Waals surface area contributed by atoms with Crippen LogP contribution in [-0.2, 0) is 22.4 Å². The van der Waals surface area contributed by atoms with Crippen LogP contribution in [0.1, 0.15) is 34.5 Å². The standard InChI is InChI=1S/C28H29F2N3O2S/c1-19-17-31(12-13-33(19)26(34)15-20-5-7-22(29)8-6-20)27(35)18-32-11-9-25-24(10-14-36-25)28(32)21-3-2-4-23(30)16-21/h2-8,10,14,16,19,28H,9,11-13,15,17-18H2,1H3/t19-,28-/m1/s1. The Balaban J connectivity index is 1.24. The summed E-state index contributed by atoms with van der Waals surface area (Å²) < 4.78 is 27.2. The predicted octanol–water partition coefficient (Wildman–Crippen LogP) is 4.28. The van der Waals surface area contributed by atoms with E-state index in [9.17, 15) is 18.4 Å². The van der Waals surface area contributed by atoms with Gasteiger partial charge in [0.25, 0.3) is 0 Å². The van der Waals surface area contributed by atoms with Gasteiger partial charge in [-0.15, -0.1) is 11.3 Å². The van der Waals surface area contributed by atoms with Gasteiger partial charge < -0.3 is 9.80 Å². The minimum Gasteiger partial charge on any atom is -0.338 e. The lowest BCUT2D eigenvalue weighted by Crippen LogP contribution is -2.57. The van der Waals surface area contributed by atoms with E-state index in [1.807, 2.05) is 17.9 Å². The molecule has 0 saturated carbocycles. The molecule has 0 unspecified atom stereocenters. The first-order chi connectivity index (χ1) is 17.4. The molecule has 2 amide bonds. The number of halogens is 2. The summed E-state index contributed by atoms with van der Waals surface area (Å²) in [4.78, 5) is 33.3. The molecule has 3 aromatic rings. The van der Waals surface area contributed by atoms with Crippen LogP contribution in [0.3, 0.4) is 0 Å². The molecule has 1 aromatic heterocycles. The molecule has 2 atom stereocenters. The molecule has 36 heavy (non-hydrogen) atoms. The lowest BCUT2D eigenvalue weighted by atomic mass is 9.93. The third-order valence-electron chi connectivity index (χ3n) is 7.14. The van der Waals surface area contributed by atoms with Crippen LogP contribution in [0.15, 0.2) is 60.0 Å². The number of fused-ring (bicyclic) bond motifs is 1. The zero-order chi connectivity index (χ0) is 25.2. The maximum atomic E-state index is 14.1. The first-order valence-corrected chi connectivity index (χ1v) is 13.1. The molecule has 0 radical (unpaired) electrons. The minimum atomic E-state index is -0.324. The molecule has 1 fully saturated rings.